The van der Waals surface area contributed by atoms with Crippen molar-refractivity contribution in [2.75, 3.05) is 7.11 Å². The van der Waals surface area contributed by atoms with E-state index in [-0.39, 0.29) is 0 Å². The zero-order valence-electron chi connectivity index (χ0n) is 7.84. The molecule has 0 aromatic carbocycles. The largest absolute Gasteiger partial charge is 0.481 e. The zero-order chi connectivity index (χ0) is 10.6. The molecule has 4 nitrogen and oxygen atoms in total. The number of methoxy groups -OCH3 is 1. The smallest absolute Gasteiger partial charge is 0.313 e. The van der Waals surface area contributed by atoms with E-state index >= 15 is 0 Å². The molecule has 4 heteroatoms. The van der Waals surface area contributed by atoms with E-state index in [2.05, 4.69) is 4.74 Å². The van der Waals surface area contributed by atoms with Crippen LogP contribution in [0.3, 0.4) is 0 Å². The topological polar surface area (TPSA) is 63.6 Å². The van der Waals surface area contributed by atoms with E-state index < -0.39 is 23.8 Å². The van der Waals surface area contributed by atoms with Crippen molar-refractivity contribution in [3.63, 3.8) is 0 Å². The second-order valence-electron chi connectivity index (χ2n) is 3.04. The van der Waals surface area contributed by atoms with Crippen molar-refractivity contribution in [3.8, 4) is 0 Å². The van der Waals surface area contributed by atoms with Crippen molar-refractivity contribution in [1.29, 1.82) is 0 Å². The molecule has 0 heterocycles. The summed E-state index contributed by atoms with van der Waals surface area (Å²) in [5.41, 5.74) is 0. The summed E-state index contributed by atoms with van der Waals surface area (Å²) >= 11 is 0. The predicted octanol–water partition coefficient (Wildman–Crippen LogP) is 0.992. The van der Waals surface area contributed by atoms with Crippen LogP contribution in [0.1, 0.15) is 6.42 Å². The van der Waals surface area contributed by atoms with Gasteiger partial charge in [-0.3, -0.25) is 9.59 Å². The number of aliphatic carboxylic acids is 1. The number of carbonyl (C=O) groups excluding carboxylic acids is 1. The summed E-state index contributed by atoms with van der Waals surface area (Å²) in [5.74, 6) is -2.89. The molecule has 2 unspecified atom stereocenters. The number of carbonyl (C=O) groups is 2. The van der Waals surface area contributed by atoms with Crippen LogP contribution in [0.15, 0.2) is 24.3 Å². The van der Waals surface area contributed by atoms with Crippen LogP contribution >= 0.6 is 0 Å². The van der Waals surface area contributed by atoms with Gasteiger partial charge in [0.25, 0.3) is 0 Å². The number of rotatable bonds is 2. The number of hydrogen-bond acceptors (Lipinski definition) is 3. The third kappa shape index (κ3) is 2.22. The van der Waals surface area contributed by atoms with Crippen LogP contribution in [-0.4, -0.2) is 24.2 Å². The molecular weight excluding hydrogens is 184 g/mol. The van der Waals surface area contributed by atoms with Crippen molar-refractivity contribution in [2.24, 2.45) is 11.8 Å². The maximum absolute atomic E-state index is 11.3. The Morgan fingerprint density at radius 1 is 1.43 bits per heavy atom. The molecule has 1 aliphatic rings. The van der Waals surface area contributed by atoms with E-state index in [0.717, 1.165) is 0 Å². The van der Waals surface area contributed by atoms with Crippen LogP contribution in [0.2, 0.25) is 0 Å². The molecule has 0 amide bonds. The van der Waals surface area contributed by atoms with Crippen molar-refractivity contribution >= 4 is 11.9 Å². The molecule has 2 atom stereocenters. The van der Waals surface area contributed by atoms with Crippen molar-refractivity contribution < 1.29 is 19.4 Å². The summed E-state index contributed by atoms with van der Waals surface area (Å²) in [6.45, 7) is 0. The molecule has 0 spiro atoms. The maximum Gasteiger partial charge on any atom is 0.313 e. The fraction of sp³-hybridized carbons (Fsp3) is 0.400. The first-order valence-electron chi connectivity index (χ1n) is 4.30. The Bertz CT molecular complexity index is 290. The number of carboxylic acid groups (broad SMARTS) is 1. The van der Waals surface area contributed by atoms with Crippen LogP contribution in [0.4, 0.5) is 0 Å². The fourth-order valence-electron chi connectivity index (χ4n) is 1.40. The van der Waals surface area contributed by atoms with Gasteiger partial charge in [-0.2, -0.15) is 0 Å². The van der Waals surface area contributed by atoms with Crippen LogP contribution in [-0.2, 0) is 14.3 Å². The van der Waals surface area contributed by atoms with E-state index in [1.165, 1.54) is 7.11 Å². The second kappa shape index (κ2) is 4.60. The molecule has 1 aliphatic carbocycles. The van der Waals surface area contributed by atoms with Gasteiger partial charge in [0, 0.05) is 0 Å². The first-order chi connectivity index (χ1) is 6.66. The molecule has 1 rings (SSSR count). The molecule has 0 aromatic rings. The summed E-state index contributed by atoms with van der Waals surface area (Å²) in [5, 5.41) is 8.90. The Morgan fingerprint density at radius 2 is 2.14 bits per heavy atom. The Kier molecular flexibility index (Phi) is 3.45. The summed E-state index contributed by atoms with van der Waals surface area (Å²) < 4.78 is 4.54. The minimum absolute atomic E-state index is 0.349. The van der Waals surface area contributed by atoms with Gasteiger partial charge in [-0.1, -0.05) is 24.3 Å². The van der Waals surface area contributed by atoms with Gasteiger partial charge in [-0.15, -0.1) is 0 Å². The van der Waals surface area contributed by atoms with Crippen LogP contribution < -0.4 is 0 Å². The van der Waals surface area contributed by atoms with Gasteiger partial charge in [-0.25, -0.2) is 0 Å². The molecule has 0 saturated heterocycles. The zero-order valence-corrected chi connectivity index (χ0v) is 7.84. The summed E-state index contributed by atoms with van der Waals surface area (Å²) in [7, 11) is 1.26. The Hall–Kier alpha value is -1.58. The lowest BCUT2D eigenvalue weighted by atomic mass is 9.90. The van der Waals surface area contributed by atoms with E-state index in [9.17, 15) is 9.59 Å². The molecule has 0 bridgehead atoms. The average molecular weight is 196 g/mol. The Balaban J connectivity index is 2.87. The van der Waals surface area contributed by atoms with Crippen LogP contribution in [0, 0.1) is 11.8 Å². The molecule has 0 aromatic heterocycles. The van der Waals surface area contributed by atoms with Crippen molar-refractivity contribution in [1.82, 2.24) is 0 Å². The summed E-state index contributed by atoms with van der Waals surface area (Å²) in [6, 6.07) is 0. The molecular formula is C10H12O4. The lowest BCUT2D eigenvalue weighted by molar-refractivity contribution is -0.153. The summed E-state index contributed by atoms with van der Waals surface area (Å²) in [4.78, 5) is 22.1. The Labute approximate surface area is 81.9 Å². The average Bonchev–Trinajstić information content (AvgIpc) is 2.41. The van der Waals surface area contributed by atoms with Crippen molar-refractivity contribution in [3.05, 3.63) is 24.3 Å². The normalized spacial score (nSPS) is 25.5. The molecule has 0 saturated carbocycles. The standard InChI is InChI=1S/C10H12O4/c1-14-10(13)8-6-4-2-3-5-7(8)9(11)12/h2-4,6-8H,5H2,1H3,(H,11,12). The van der Waals surface area contributed by atoms with Gasteiger partial charge < -0.3 is 9.84 Å². The minimum Gasteiger partial charge on any atom is -0.481 e. The van der Waals surface area contributed by atoms with Crippen molar-refractivity contribution in [2.45, 2.75) is 6.42 Å². The molecule has 0 radical (unpaired) electrons. The number of ether oxygens (including phenoxy) is 1. The van der Waals surface area contributed by atoms with Crippen LogP contribution in [0.5, 0.6) is 0 Å². The van der Waals surface area contributed by atoms with Gasteiger partial charge in [-0.05, 0) is 6.42 Å². The molecule has 1 N–H and O–H groups in total. The highest BCUT2D eigenvalue weighted by atomic mass is 16.5. The third-order valence-corrected chi connectivity index (χ3v) is 2.18. The van der Waals surface area contributed by atoms with E-state index in [4.69, 9.17) is 5.11 Å². The van der Waals surface area contributed by atoms with Gasteiger partial charge in [0.1, 0.15) is 0 Å². The molecule has 0 aliphatic heterocycles. The number of carboxylic acids is 1. The fourth-order valence-corrected chi connectivity index (χ4v) is 1.40. The Morgan fingerprint density at radius 3 is 2.71 bits per heavy atom. The van der Waals surface area contributed by atoms with Gasteiger partial charge in [0.05, 0.1) is 18.9 Å². The predicted molar refractivity (Wildman–Crippen MR) is 49.5 cm³/mol. The van der Waals surface area contributed by atoms with E-state index in [0.29, 0.717) is 6.42 Å². The highest BCUT2D eigenvalue weighted by Gasteiger charge is 2.32. The molecule has 76 valence electrons. The maximum atomic E-state index is 11.3. The van der Waals surface area contributed by atoms with Gasteiger partial charge in [0.2, 0.25) is 0 Å². The second-order valence-corrected chi connectivity index (χ2v) is 3.04. The van der Waals surface area contributed by atoms with Gasteiger partial charge >= 0.3 is 11.9 Å². The van der Waals surface area contributed by atoms with E-state index in [1.54, 1.807) is 24.3 Å². The summed E-state index contributed by atoms with van der Waals surface area (Å²) in [6.07, 6.45) is 7.05. The number of allylic oxidation sites excluding steroid dienone is 3. The number of esters is 1. The highest BCUT2D eigenvalue weighted by molar-refractivity contribution is 5.82. The number of hydrogen-bond donors (Lipinski definition) is 1. The lowest BCUT2D eigenvalue weighted by Gasteiger charge is -2.16. The monoisotopic (exact) mass is 196 g/mol. The SMILES string of the molecule is COC(=O)C1C=CC=CCC1C(=O)O. The first-order valence-corrected chi connectivity index (χ1v) is 4.30. The first kappa shape index (κ1) is 10.5. The third-order valence-electron chi connectivity index (χ3n) is 2.18. The lowest BCUT2D eigenvalue weighted by Crippen LogP contribution is -2.28. The minimum atomic E-state index is -0.975. The van der Waals surface area contributed by atoms with Crippen LogP contribution in [0.25, 0.3) is 0 Å². The molecule has 0 fully saturated rings. The highest BCUT2D eigenvalue weighted by Crippen LogP contribution is 2.22. The van der Waals surface area contributed by atoms with Gasteiger partial charge in [0.15, 0.2) is 0 Å². The quantitative estimate of drug-likeness (QED) is 0.669. The van der Waals surface area contributed by atoms with E-state index in [1.807, 2.05) is 0 Å². The molecule has 14 heavy (non-hydrogen) atoms.